The Kier molecular flexibility index (Phi) is 9.64. The van der Waals surface area contributed by atoms with Crippen molar-refractivity contribution >= 4 is 12.0 Å². The molecular formula is C28H34F3NO3. The van der Waals surface area contributed by atoms with Crippen LogP contribution in [-0.2, 0) is 0 Å². The molecule has 0 aromatic heterocycles. The lowest BCUT2D eigenvalue weighted by Crippen LogP contribution is -2.34. The van der Waals surface area contributed by atoms with E-state index in [4.69, 9.17) is 4.74 Å². The van der Waals surface area contributed by atoms with Gasteiger partial charge in [-0.05, 0) is 48.9 Å². The van der Waals surface area contributed by atoms with Crippen LogP contribution in [0.4, 0.5) is 13.2 Å². The molecule has 0 saturated heterocycles. The van der Waals surface area contributed by atoms with E-state index in [0.29, 0.717) is 24.9 Å². The average Bonchev–Trinajstić information content (AvgIpc) is 3.22. The zero-order chi connectivity index (χ0) is 25.4. The molecule has 1 aliphatic carbocycles. The summed E-state index contributed by atoms with van der Waals surface area (Å²) in [6, 6.07) is 13.8. The van der Waals surface area contributed by atoms with E-state index in [1.54, 1.807) is 4.90 Å². The monoisotopic (exact) mass is 489 g/mol. The van der Waals surface area contributed by atoms with E-state index >= 15 is 0 Å². The molecule has 7 heteroatoms. The highest BCUT2D eigenvalue weighted by Gasteiger charge is 2.26. The molecule has 35 heavy (non-hydrogen) atoms. The Balaban J connectivity index is 1.84. The van der Waals surface area contributed by atoms with E-state index in [9.17, 15) is 18.0 Å². The number of rotatable bonds is 11. The predicted molar refractivity (Wildman–Crippen MR) is 131 cm³/mol. The van der Waals surface area contributed by atoms with Crippen LogP contribution in [0.2, 0.25) is 0 Å². The van der Waals surface area contributed by atoms with Crippen LogP contribution in [0.3, 0.4) is 0 Å². The van der Waals surface area contributed by atoms with Gasteiger partial charge < -0.3 is 14.4 Å². The zero-order valence-electron chi connectivity index (χ0n) is 20.6. The minimum absolute atomic E-state index is 0.230. The van der Waals surface area contributed by atoms with Crippen LogP contribution in [-0.4, -0.2) is 36.9 Å². The third-order valence-corrected chi connectivity index (χ3v) is 6.45. The van der Waals surface area contributed by atoms with Crippen LogP contribution in [0.25, 0.3) is 6.08 Å². The summed E-state index contributed by atoms with van der Waals surface area (Å²) in [6.45, 7) is 3.26. The maximum atomic E-state index is 13.6. The van der Waals surface area contributed by atoms with E-state index in [0.717, 1.165) is 30.9 Å². The second kappa shape index (κ2) is 12.7. The van der Waals surface area contributed by atoms with Crippen molar-refractivity contribution in [2.45, 2.75) is 59.4 Å². The van der Waals surface area contributed by atoms with Gasteiger partial charge in [-0.15, -0.1) is 0 Å². The van der Waals surface area contributed by atoms with Gasteiger partial charge in [0.1, 0.15) is 0 Å². The molecule has 3 atom stereocenters. The minimum Gasteiger partial charge on any atom is -0.457 e. The van der Waals surface area contributed by atoms with E-state index < -0.39 is 13.0 Å². The molecular weight excluding hydrogens is 455 g/mol. The van der Waals surface area contributed by atoms with Crippen LogP contribution in [0.1, 0.15) is 62.4 Å². The molecule has 0 N–H and O–H groups in total. The number of hydrogen-bond acceptors (Lipinski definition) is 3. The van der Waals surface area contributed by atoms with Crippen molar-refractivity contribution in [2.75, 3.05) is 13.1 Å². The molecule has 0 aliphatic heterocycles. The van der Waals surface area contributed by atoms with Gasteiger partial charge in [-0.25, -0.2) is 4.39 Å². The first-order valence-corrected chi connectivity index (χ1v) is 12.1. The predicted octanol–water partition coefficient (Wildman–Crippen LogP) is 7.35. The molecule has 4 nitrogen and oxygen atoms in total. The second-order valence-electron chi connectivity index (χ2n) is 9.29. The molecule has 3 rings (SSSR count). The molecule has 2 aromatic carbocycles. The number of ether oxygens (including phenoxy) is 2. The average molecular weight is 490 g/mol. The minimum atomic E-state index is -3.09. The third kappa shape index (κ3) is 8.05. The van der Waals surface area contributed by atoms with E-state index in [2.05, 4.69) is 11.7 Å². The molecule has 0 spiro atoms. The SMILES string of the molecule is C/C(=C\c1ccccc1)CN(CCC1CCCC1C)C(=O)c1ccc(OC(F)F)c(OC(C)F)c1. The Labute approximate surface area is 205 Å². The van der Waals surface area contributed by atoms with Crippen molar-refractivity contribution in [1.29, 1.82) is 0 Å². The van der Waals surface area contributed by atoms with Gasteiger partial charge in [0.15, 0.2) is 11.5 Å². The Hall–Kier alpha value is -2.96. The second-order valence-corrected chi connectivity index (χ2v) is 9.29. The normalized spacial score (nSPS) is 19.0. The third-order valence-electron chi connectivity index (χ3n) is 6.45. The number of carbonyl (C=O) groups excluding carboxylic acids is 1. The Morgan fingerprint density at radius 1 is 1.09 bits per heavy atom. The molecule has 0 radical (unpaired) electrons. The molecule has 1 amide bonds. The molecule has 190 valence electrons. The van der Waals surface area contributed by atoms with Gasteiger partial charge in [0.2, 0.25) is 6.36 Å². The summed E-state index contributed by atoms with van der Waals surface area (Å²) in [5.74, 6) is 0.387. The van der Waals surface area contributed by atoms with Gasteiger partial charge >= 0.3 is 6.61 Å². The van der Waals surface area contributed by atoms with Crippen molar-refractivity contribution < 1.29 is 27.4 Å². The Morgan fingerprint density at radius 2 is 1.83 bits per heavy atom. The first-order chi connectivity index (χ1) is 16.7. The number of carbonyl (C=O) groups is 1. The fourth-order valence-electron chi connectivity index (χ4n) is 4.69. The number of amides is 1. The molecule has 1 fully saturated rings. The van der Waals surface area contributed by atoms with Gasteiger partial charge in [-0.3, -0.25) is 4.79 Å². The summed E-state index contributed by atoms with van der Waals surface area (Å²) in [7, 11) is 0. The van der Waals surface area contributed by atoms with Gasteiger partial charge in [0.05, 0.1) is 0 Å². The number of alkyl halides is 3. The Morgan fingerprint density at radius 3 is 2.46 bits per heavy atom. The van der Waals surface area contributed by atoms with Crippen molar-refractivity contribution in [3.63, 3.8) is 0 Å². The molecule has 2 aromatic rings. The fourth-order valence-corrected chi connectivity index (χ4v) is 4.69. The van der Waals surface area contributed by atoms with E-state index in [1.807, 2.05) is 43.3 Å². The number of nitrogens with zero attached hydrogens (tertiary/aromatic N) is 1. The topological polar surface area (TPSA) is 38.8 Å². The van der Waals surface area contributed by atoms with Crippen molar-refractivity contribution in [3.8, 4) is 11.5 Å². The first kappa shape index (κ1) is 26.6. The summed E-state index contributed by atoms with van der Waals surface area (Å²) in [5.41, 5.74) is 2.28. The largest absolute Gasteiger partial charge is 0.457 e. The number of benzene rings is 2. The first-order valence-electron chi connectivity index (χ1n) is 12.1. The maximum Gasteiger partial charge on any atom is 0.387 e. The lowest BCUT2D eigenvalue weighted by atomic mass is 9.94. The lowest BCUT2D eigenvalue weighted by molar-refractivity contribution is -0.0533. The molecule has 1 aliphatic rings. The summed E-state index contributed by atoms with van der Waals surface area (Å²) in [4.78, 5) is 15.3. The summed E-state index contributed by atoms with van der Waals surface area (Å²) in [6.07, 6.45) is 4.75. The smallest absolute Gasteiger partial charge is 0.387 e. The summed E-state index contributed by atoms with van der Waals surface area (Å²) < 4.78 is 48.6. The molecule has 0 bridgehead atoms. The Bertz CT molecular complexity index is 994. The quantitative estimate of drug-likeness (QED) is 0.331. The summed E-state index contributed by atoms with van der Waals surface area (Å²) >= 11 is 0. The van der Waals surface area contributed by atoms with Gasteiger partial charge in [0.25, 0.3) is 5.91 Å². The summed E-state index contributed by atoms with van der Waals surface area (Å²) in [5, 5.41) is 0. The van der Waals surface area contributed by atoms with Crippen molar-refractivity contribution in [1.82, 2.24) is 4.90 Å². The van der Waals surface area contributed by atoms with Crippen LogP contribution in [0.15, 0.2) is 54.1 Å². The van der Waals surface area contributed by atoms with Gasteiger partial charge in [-0.2, -0.15) is 8.78 Å². The standard InChI is InChI=1S/C28H34F3NO3/c1-19(16-22-9-5-4-6-10-22)18-32(15-14-23-11-7-8-20(23)2)27(33)24-12-13-25(35-28(30)31)26(17-24)34-21(3)29/h4-6,9-10,12-13,16-17,20-21,23,28H,7-8,11,14-15,18H2,1-3H3/b19-16+. The lowest BCUT2D eigenvalue weighted by Gasteiger charge is -2.26. The molecule has 0 heterocycles. The van der Waals surface area contributed by atoms with Crippen LogP contribution in [0.5, 0.6) is 11.5 Å². The zero-order valence-corrected chi connectivity index (χ0v) is 20.6. The van der Waals surface area contributed by atoms with Crippen molar-refractivity contribution in [2.24, 2.45) is 11.8 Å². The van der Waals surface area contributed by atoms with Crippen LogP contribution >= 0.6 is 0 Å². The number of halogens is 3. The van der Waals surface area contributed by atoms with E-state index in [-0.39, 0.29) is 23.0 Å². The van der Waals surface area contributed by atoms with Crippen LogP contribution < -0.4 is 9.47 Å². The highest BCUT2D eigenvalue weighted by Crippen LogP contribution is 2.34. The highest BCUT2D eigenvalue weighted by molar-refractivity contribution is 5.95. The highest BCUT2D eigenvalue weighted by atomic mass is 19.3. The number of hydrogen-bond donors (Lipinski definition) is 0. The van der Waals surface area contributed by atoms with Crippen LogP contribution in [0, 0.1) is 11.8 Å². The maximum absolute atomic E-state index is 13.6. The van der Waals surface area contributed by atoms with Crippen molar-refractivity contribution in [3.05, 3.63) is 65.2 Å². The van der Waals surface area contributed by atoms with Gasteiger partial charge in [0, 0.05) is 25.6 Å². The fraction of sp³-hybridized carbons (Fsp3) is 0.464. The molecule has 1 saturated carbocycles. The van der Waals surface area contributed by atoms with E-state index in [1.165, 1.54) is 31.0 Å². The van der Waals surface area contributed by atoms with Gasteiger partial charge in [-0.1, -0.05) is 68.2 Å². The molecule has 3 unspecified atom stereocenters.